The van der Waals surface area contributed by atoms with Gasteiger partial charge in [-0.05, 0) is 0 Å². The number of aliphatic hydroxyl groups is 10. The molecule has 17 heteroatoms. The summed E-state index contributed by atoms with van der Waals surface area (Å²) in [4.78, 5) is 11.7. The Balaban J connectivity index is 1.90. The van der Waals surface area contributed by atoms with Crippen molar-refractivity contribution < 1.29 is 79.5 Å². The number of carbonyl (C=O) groups excluding carboxylic acids is 1. The zero-order valence-corrected chi connectivity index (χ0v) is 19.7. The lowest BCUT2D eigenvalue weighted by atomic mass is 9.95. The van der Waals surface area contributed by atoms with Crippen LogP contribution < -0.4 is 5.32 Å². The first kappa shape index (κ1) is 30.4. The van der Waals surface area contributed by atoms with Gasteiger partial charge in [-0.1, -0.05) is 0 Å². The molecule has 0 aliphatic carbocycles. The number of rotatable bonds is 8. The van der Waals surface area contributed by atoms with E-state index in [9.17, 15) is 55.9 Å². The van der Waals surface area contributed by atoms with Crippen LogP contribution in [0, 0.1) is 0 Å². The van der Waals surface area contributed by atoms with E-state index >= 15 is 0 Å². The van der Waals surface area contributed by atoms with Gasteiger partial charge in [-0.2, -0.15) is 0 Å². The summed E-state index contributed by atoms with van der Waals surface area (Å²) in [6.45, 7) is -1.26. The molecular weight excluding hydrogens is 510 g/mol. The third-order valence-corrected chi connectivity index (χ3v) is 6.49. The van der Waals surface area contributed by atoms with Crippen molar-refractivity contribution in [2.24, 2.45) is 0 Å². The Bertz CT molecular complexity index is 745. The highest BCUT2D eigenvalue weighted by atomic mass is 16.8. The van der Waals surface area contributed by atoms with Crippen molar-refractivity contribution in [1.29, 1.82) is 0 Å². The highest BCUT2D eigenvalue weighted by Gasteiger charge is 2.54. The molecule has 0 aromatic rings. The van der Waals surface area contributed by atoms with Gasteiger partial charge in [-0.3, -0.25) is 4.79 Å². The van der Waals surface area contributed by atoms with Crippen molar-refractivity contribution in [1.82, 2.24) is 5.32 Å². The summed E-state index contributed by atoms with van der Waals surface area (Å²) in [5, 5.41) is 103. The molecule has 17 nitrogen and oxygen atoms in total. The molecule has 1 unspecified atom stereocenters. The second kappa shape index (κ2) is 12.8. The lowest BCUT2D eigenvalue weighted by Gasteiger charge is -2.49. The smallest absolute Gasteiger partial charge is 0.217 e. The fourth-order valence-corrected chi connectivity index (χ4v) is 4.45. The average Bonchev–Trinajstić information content (AvgIpc) is 2.87. The molecule has 3 aliphatic rings. The van der Waals surface area contributed by atoms with E-state index in [4.69, 9.17) is 23.7 Å². The summed E-state index contributed by atoms with van der Waals surface area (Å²) in [7, 11) is 0. The van der Waals surface area contributed by atoms with Crippen LogP contribution in [-0.2, 0) is 28.5 Å². The highest BCUT2D eigenvalue weighted by molar-refractivity contribution is 5.73. The number of ether oxygens (including phenoxy) is 5. The van der Waals surface area contributed by atoms with Crippen LogP contribution in [0.15, 0.2) is 0 Å². The largest absolute Gasteiger partial charge is 0.394 e. The summed E-state index contributed by atoms with van der Waals surface area (Å²) in [5.74, 6) is -0.661. The predicted octanol–water partition coefficient (Wildman–Crippen LogP) is -7.43. The molecule has 15 atom stereocenters. The Labute approximate surface area is 210 Å². The molecule has 0 radical (unpaired) electrons. The van der Waals surface area contributed by atoms with Gasteiger partial charge in [0.25, 0.3) is 0 Å². The van der Waals surface area contributed by atoms with Gasteiger partial charge in [0.05, 0.1) is 19.8 Å². The van der Waals surface area contributed by atoms with Gasteiger partial charge in [0.2, 0.25) is 5.91 Å². The van der Waals surface area contributed by atoms with E-state index in [1.54, 1.807) is 0 Å². The summed E-state index contributed by atoms with van der Waals surface area (Å²) in [6, 6.07) is -1.44. The first-order chi connectivity index (χ1) is 17.4. The van der Waals surface area contributed by atoms with Crippen LogP contribution in [0.3, 0.4) is 0 Å². The number of carbonyl (C=O) groups is 1. The number of hydrogen-bond acceptors (Lipinski definition) is 16. The summed E-state index contributed by atoms with van der Waals surface area (Å²) < 4.78 is 27.3. The van der Waals surface area contributed by atoms with E-state index in [1.807, 2.05) is 0 Å². The lowest BCUT2D eigenvalue weighted by Crippen LogP contribution is -2.68. The van der Waals surface area contributed by atoms with Crippen molar-refractivity contribution >= 4 is 5.91 Å². The molecule has 0 aromatic heterocycles. The molecule has 0 bridgehead atoms. The normalized spacial score (nSPS) is 49.0. The minimum Gasteiger partial charge on any atom is -0.394 e. The molecule has 37 heavy (non-hydrogen) atoms. The van der Waals surface area contributed by atoms with E-state index in [0.717, 1.165) is 6.92 Å². The maximum atomic E-state index is 11.7. The van der Waals surface area contributed by atoms with Crippen molar-refractivity contribution in [3.63, 3.8) is 0 Å². The van der Waals surface area contributed by atoms with E-state index < -0.39 is 118 Å². The van der Waals surface area contributed by atoms with Crippen LogP contribution in [-0.4, -0.2) is 169 Å². The van der Waals surface area contributed by atoms with Crippen LogP contribution in [0.4, 0.5) is 0 Å². The monoisotopic (exact) mass is 545 g/mol. The first-order valence-electron chi connectivity index (χ1n) is 11.6. The summed E-state index contributed by atoms with van der Waals surface area (Å²) in [5.41, 5.74) is 0. The van der Waals surface area contributed by atoms with Gasteiger partial charge in [0, 0.05) is 6.92 Å². The quantitative estimate of drug-likeness (QED) is 0.135. The minimum atomic E-state index is -1.94. The van der Waals surface area contributed by atoms with E-state index in [2.05, 4.69) is 5.32 Å². The van der Waals surface area contributed by atoms with Crippen LogP contribution in [0.5, 0.6) is 0 Å². The Morgan fingerprint density at radius 2 is 1.16 bits per heavy atom. The van der Waals surface area contributed by atoms with Crippen LogP contribution in [0.1, 0.15) is 6.92 Å². The second-order valence-corrected chi connectivity index (χ2v) is 9.07. The van der Waals surface area contributed by atoms with Crippen molar-refractivity contribution in [2.75, 3.05) is 19.8 Å². The fraction of sp³-hybridized carbons (Fsp3) is 0.950. The van der Waals surface area contributed by atoms with Gasteiger partial charge >= 0.3 is 0 Å². The molecule has 216 valence electrons. The van der Waals surface area contributed by atoms with Gasteiger partial charge in [-0.25, -0.2) is 0 Å². The average molecular weight is 545 g/mol. The minimum absolute atomic E-state index is 0.661. The molecule has 11 N–H and O–H groups in total. The highest BCUT2D eigenvalue weighted by Crippen LogP contribution is 2.32. The second-order valence-electron chi connectivity index (χ2n) is 9.07. The van der Waals surface area contributed by atoms with Gasteiger partial charge in [0.1, 0.15) is 73.2 Å². The molecule has 3 fully saturated rings. The van der Waals surface area contributed by atoms with Crippen LogP contribution in [0.25, 0.3) is 0 Å². The van der Waals surface area contributed by atoms with Crippen molar-refractivity contribution in [3.8, 4) is 0 Å². The Morgan fingerprint density at radius 1 is 0.649 bits per heavy atom. The molecule has 0 aromatic carbocycles. The van der Waals surface area contributed by atoms with Crippen LogP contribution in [0.2, 0.25) is 0 Å². The molecule has 3 aliphatic heterocycles. The third-order valence-electron chi connectivity index (χ3n) is 6.49. The standard InChI is InChI=1S/C20H35NO16/c1-5(25)21-9-12(28)10(26)6(2-22)34-19(9)37-17-15(31)18(32)33-8(4-24)16(17)36-20-14(30)13(29)11(27)7(3-23)35-20/h6-20,22-24,26-32H,2-4H2,1H3,(H,21,25)/t6-,7-,8-,9-,10-,11-,12-,13+,14+,15-,16+,17-,18?,19-,20+/m1/s1. The lowest BCUT2D eigenvalue weighted by molar-refractivity contribution is -0.377. The van der Waals surface area contributed by atoms with Gasteiger partial charge in [-0.15, -0.1) is 0 Å². The number of aliphatic hydroxyl groups excluding tert-OH is 10. The van der Waals surface area contributed by atoms with E-state index in [0.29, 0.717) is 0 Å². The number of hydrogen-bond donors (Lipinski definition) is 11. The van der Waals surface area contributed by atoms with E-state index in [1.165, 1.54) is 0 Å². The number of nitrogens with one attached hydrogen (secondary N) is 1. The topological polar surface area (TPSA) is 278 Å². The first-order valence-corrected chi connectivity index (χ1v) is 11.6. The summed E-state index contributed by atoms with van der Waals surface area (Å²) >= 11 is 0. The zero-order valence-electron chi connectivity index (χ0n) is 19.7. The third kappa shape index (κ3) is 6.38. The molecule has 3 heterocycles. The number of amides is 1. The maximum absolute atomic E-state index is 11.7. The molecule has 0 saturated carbocycles. The molecule has 0 spiro atoms. The van der Waals surface area contributed by atoms with Gasteiger partial charge < -0.3 is 80.1 Å². The Hall–Kier alpha value is -1.13. The predicted molar refractivity (Wildman–Crippen MR) is 113 cm³/mol. The SMILES string of the molecule is CC(=O)N[C@H]1[C@@H](O[C@H]2[C@@H](O[C@@H]3O[C@H](CO)[C@@H](O)[C@H](O)[C@@H]3O)[C@@H](CO)OC(O)[C@@H]2O)O[C@H](CO)[C@@H](O)[C@@H]1O. The molecule has 3 rings (SSSR count). The zero-order chi connectivity index (χ0) is 27.6. The Kier molecular flexibility index (Phi) is 10.5. The Morgan fingerprint density at radius 3 is 1.70 bits per heavy atom. The molecule has 1 amide bonds. The summed E-state index contributed by atoms with van der Waals surface area (Å²) in [6.07, 6.45) is -23.5. The van der Waals surface area contributed by atoms with Crippen molar-refractivity contribution in [3.05, 3.63) is 0 Å². The molecular formula is C20H35NO16. The van der Waals surface area contributed by atoms with Crippen molar-refractivity contribution in [2.45, 2.75) is 99.0 Å². The van der Waals surface area contributed by atoms with Gasteiger partial charge in [0.15, 0.2) is 18.9 Å². The van der Waals surface area contributed by atoms with E-state index in [-0.39, 0.29) is 0 Å². The van der Waals surface area contributed by atoms with Crippen LogP contribution >= 0.6 is 0 Å². The fourth-order valence-electron chi connectivity index (χ4n) is 4.45. The maximum Gasteiger partial charge on any atom is 0.217 e. The molecule has 3 saturated heterocycles.